The Hall–Kier alpha value is -1.27. The molecule has 0 aliphatic carbocycles. The van der Waals surface area contributed by atoms with E-state index in [4.69, 9.17) is 0 Å². The normalized spacial score (nSPS) is 20.5. The molecule has 1 atom stereocenters. The highest BCUT2D eigenvalue weighted by Crippen LogP contribution is 2.27. The maximum absolute atomic E-state index is 12.3. The van der Waals surface area contributed by atoms with Gasteiger partial charge in [0.05, 0.1) is 10.2 Å². The first-order valence-corrected chi connectivity index (χ1v) is 10.4. The fourth-order valence-electron chi connectivity index (χ4n) is 2.17. The molecular weight excluding hydrogens is 418 g/mol. The number of aliphatic hydroxyl groups is 1. The molecule has 2 aromatic rings. The molecule has 3 heterocycles. The minimum absolute atomic E-state index is 0.0499. The first-order valence-electron chi connectivity index (χ1n) is 7.20. The molecule has 24 heavy (non-hydrogen) atoms. The smallest absolute Gasteiger partial charge is 0.250 e. The van der Waals surface area contributed by atoms with Crippen molar-refractivity contribution in [2.45, 2.75) is 10.6 Å². The zero-order valence-corrected chi connectivity index (χ0v) is 15.7. The summed E-state index contributed by atoms with van der Waals surface area (Å²) in [5.41, 5.74) is 0.610. The standard InChI is InChI=1S/C13H16BrN5O3S2/c14-10-5-16-13-18-9-3-11(23-7-9)24(21,22)17-2-1-8(6-20)4-15-12(10)19-13/h3,5,7-8,17,20H,1-2,4,6H2,(H2,15,16,18,19). The van der Waals surface area contributed by atoms with Gasteiger partial charge in [-0.15, -0.1) is 11.3 Å². The molecule has 130 valence electrons. The lowest BCUT2D eigenvalue weighted by Gasteiger charge is -2.17. The van der Waals surface area contributed by atoms with Gasteiger partial charge in [0, 0.05) is 37.2 Å². The number of thiophene rings is 1. The Labute approximate surface area is 151 Å². The molecule has 0 aromatic carbocycles. The number of anilines is 3. The van der Waals surface area contributed by atoms with Crippen LogP contribution in [-0.2, 0) is 10.0 Å². The van der Waals surface area contributed by atoms with Crippen molar-refractivity contribution in [3.8, 4) is 0 Å². The van der Waals surface area contributed by atoms with Crippen LogP contribution in [-0.4, -0.2) is 43.2 Å². The summed E-state index contributed by atoms with van der Waals surface area (Å²) in [6.45, 7) is 0.672. The molecule has 1 unspecified atom stereocenters. The van der Waals surface area contributed by atoms with Crippen LogP contribution in [0, 0.1) is 5.92 Å². The lowest BCUT2D eigenvalue weighted by Crippen LogP contribution is -2.28. The number of fused-ring (bicyclic) bond motifs is 4. The van der Waals surface area contributed by atoms with Gasteiger partial charge < -0.3 is 15.7 Å². The molecule has 4 bridgehead atoms. The van der Waals surface area contributed by atoms with Gasteiger partial charge in [-0.3, -0.25) is 0 Å². The number of sulfonamides is 1. The van der Waals surface area contributed by atoms with Crippen LogP contribution in [0.2, 0.25) is 0 Å². The van der Waals surface area contributed by atoms with E-state index >= 15 is 0 Å². The molecule has 0 spiro atoms. The largest absolute Gasteiger partial charge is 0.396 e. The van der Waals surface area contributed by atoms with E-state index < -0.39 is 10.0 Å². The van der Waals surface area contributed by atoms with Crippen molar-refractivity contribution in [1.82, 2.24) is 14.7 Å². The second-order valence-corrected chi connectivity index (χ2v) is 9.04. The van der Waals surface area contributed by atoms with Crippen molar-refractivity contribution >= 4 is 54.7 Å². The molecule has 8 nitrogen and oxygen atoms in total. The molecular formula is C13H16BrN5O3S2. The predicted octanol–water partition coefficient (Wildman–Crippen LogP) is 1.75. The van der Waals surface area contributed by atoms with Gasteiger partial charge in [0.25, 0.3) is 0 Å². The summed E-state index contributed by atoms with van der Waals surface area (Å²) in [7, 11) is -3.56. The number of rotatable bonds is 1. The Kier molecular flexibility index (Phi) is 5.35. The van der Waals surface area contributed by atoms with E-state index in [1.807, 2.05) is 0 Å². The van der Waals surface area contributed by atoms with Crippen LogP contribution in [0.15, 0.2) is 26.3 Å². The Morgan fingerprint density at radius 3 is 3.08 bits per heavy atom. The van der Waals surface area contributed by atoms with E-state index in [-0.39, 0.29) is 23.3 Å². The van der Waals surface area contributed by atoms with Gasteiger partial charge in [0.15, 0.2) is 0 Å². The molecule has 0 saturated heterocycles. The molecule has 0 fully saturated rings. The number of nitrogens with zero attached hydrogens (tertiary/aromatic N) is 2. The van der Waals surface area contributed by atoms with Gasteiger partial charge in [-0.25, -0.2) is 18.1 Å². The lowest BCUT2D eigenvalue weighted by atomic mass is 10.1. The van der Waals surface area contributed by atoms with E-state index in [0.717, 1.165) is 11.3 Å². The lowest BCUT2D eigenvalue weighted by molar-refractivity contribution is 0.226. The monoisotopic (exact) mass is 433 g/mol. The number of hydrogen-bond acceptors (Lipinski definition) is 8. The zero-order valence-electron chi connectivity index (χ0n) is 12.5. The van der Waals surface area contributed by atoms with Gasteiger partial charge in [-0.1, -0.05) is 0 Å². The van der Waals surface area contributed by atoms with Gasteiger partial charge in [0.2, 0.25) is 16.0 Å². The quantitative estimate of drug-likeness (QED) is 0.540. The second-order valence-electron chi connectivity index (χ2n) is 5.29. The average Bonchev–Trinajstić information content (AvgIpc) is 3.02. The number of aromatic nitrogens is 2. The van der Waals surface area contributed by atoms with Crippen molar-refractivity contribution in [2.24, 2.45) is 5.92 Å². The van der Waals surface area contributed by atoms with Gasteiger partial charge in [0.1, 0.15) is 10.0 Å². The van der Waals surface area contributed by atoms with E-state index in [1.165, 1.54) is 0 Å². The summed E-state index contributed by atoms with van der Waals surface area (Å²) >= 11 is 4.51. The van der Waals surface area contributed by atoms with Gasteiger partial charge in [-0.05, 0) is 28.4 Å². The van der Waals surface area contributed by atoms with Crippen LogP contribution in [0.3, 0.4) is 0 Å². The van der Waals surface area contributed by atoms with Crippen molar-refractivity contribution in [2.75, 3.05) is 30.3 Å². The minimum Gasteiger partial charge on any atom is -0.396 e. The van der Waals surface area contributed by atoms with Crippen LogP contribution in [0.5, 0.6) is 0 Å². The van der Waals surface area contributed by atoms with E-state index in [1.54, 1.807) is 17.6 Å². The number of aliphatic hydroxyl groups excluding tert-OH is 1. The Bertz CT molecular complexity index is 827. The Morgan fingerprint density at radius 1 is 1.46 bits per heavy atom. The van der Waals surface area contributed by atoms with Crippen LogP contribution in [0.4, 0.5) is 17.5 Å². The maximum atomic E-state index is 12.3. The Morgan fingerprint density at radius 2 is 2.29 bits per heavy atom. The van der Waals surface area contributed by atoms with Crippen molar-refractivity contribution in [3.05, 3.63) is 22.1 Å². The molecule has 0 amide bonds. The van der Waals surface area contributed by atoms with Crippen molar-refractivity contribution in [1.29, 1.82) is 0 Å². The average molecular weight is 434 g/mol. The van der Waals surface area contributed by atoms with Crippen LogP contribution in [0.25, 0.3) is 0 Å². The van der Waals surface area contributed by atoms with Crippen LogP contribution < -0.4 is 15.4 Å². The summed E-state index contributed by atoms with van der Waals surface area (Å²) < 4.78 is 28.0. The third-order valence-electron chi connectivity index (χ3n) is 3.50. The summed E-state index contributed by atoms with van der Waals surface area (Å²) in [5.74, 6) is 0.861. The molecule has 0 saturated carbocycles. The van der Waals surface area contributed by atoms with Crippen LogP contribution in [0.1, 0.15) is 6.42 Å². The summed E-state index contributed by atoms with van der Waals surface area (Å²) in [4.78, 5) is 8.54. The zero-order chi connectivity index (χ0) is 17.2. The number of nitrogens with one attached hydrogen (secondary N) is 3. The molecule has 2 aromatic heterocycles. The first-order chi connectivity index (χ1) is 11.5. The topological polar surface area (TPSA) is 116 Å². The highest BCUT2D eigenvalue weighted by atomic mass is 79.9. The number of hydrogen-bond donors (Lipinski definition) is 4. The number of halogens is 1. The van der Waals surface area contributed by atoms with E-state index in [0.29, 0.717) is 34.9 Å². The highest BCUT2D eigenvalue weighted by Gasteiger charge is 2.19. The van der Waals surface area contributed by atoms with Crippen LogP contribution >= 0.6 is 27.3 Å². The Balaban J connectivity index is 1.95. The second kappa shape index (κ2) is 7.31. The molecule has 1 aliphatic rings. The summed E-state index contributed by atoms with van der Waals surface area (Å²) in [5, 5.41) is 17.3. The fraction of sp³-hybridized carbons (Fsp3) is 0.385. The van der Waals surface area contributed by atoms with E-state index in [2.05, 4.69) is 41.3 Å². The summed E-state index contributed by atoms with van der Waals surface area (Å²) in [6, 6.07) is 1.54. The van der Waals surface area contributed by atoms with Crippen molar-refractivity contribution < 1.29 is 13.5 Å². The highest BCUT2D eigenvalue weighted by molar-refractivity contribution is 9.10. The predicted molar refractivity (Wildman–Crippen MR) is 96.2 cm³/mol. The molecule has 11 heteroatoms. The first kappa shape index (κ1) is 17.5. The van der Waals surface area contributed by atoms with Gasteiger partial charge >= 0.3 is 0 Å². The molecule has 0 radical (unpaired) electrons. The molecule has 4 N–H and O–H groups in total. The third kappa shape index (κ3) is 4.03. The summed E-state index contributed by atoms with van der Waals surface area (Å²) in [6.07, 6.45) is 2.12. The molecule has 1 aliphatic heterocycles. The minimum atomic E-state index is -3.56. The van der Waals surface area contributed by atoms with Gasteiger partial charge in [-0.2, -0.15) is 4.98 Å². The molecule has 3 rings (SSSR count). The third-order valence-corrected chi connectivity index (χ3v) is 6.98. The van der Waals surface area contributed by atoms with Crippen molar-refractivity contribution in [3.63, 3.8) is 0 Å². The maximum Gasteiger partial charge on any atom is 0.250 e. The fourth-order valence-corrected chi connectivity index (χ4v) is 4.71. The van der Waals surface area contributed by atoms with E-state index in [9.17, 15) is 13.5 Å². The SMILES string of the molecule is O=S1(=O)NCCC(CO)CNc2nc(ncc2Br)Nc2csc1c2.